The second-order valence-corrected chi connectivity index (χ2v) is 4.43. The van der Waals surface area contributed by atoms with Crippen LogP contribution in [0.15, 0.2) is 36.7 Å². The van der Waals surface area contributed by atoms with Crippen molar-refractivity contribution in [3.8, 4) is 0 Å². The van der Waals surface area contributed by atoms with Crippen LogP contribution < -0.4 is 10.6 Å². The molecule has 94 valence electrons. The molecule has 0 aliphatic carbocycles. The number of hydrogen-bond donors (Lipinski definition) is 1. The standard InChI is InChI=1S/C13H13ClFN3/c1-18(13-4-5-17-7-12(13)16)8-9-2-3-10(15)6-11(9)14/h2-7H,8,16H2,1H3. The van der Waals surface area contributed by atoms with E-state index >= 15 is 0 Å². The van der Waals surface area contributed by atoms with E-state index in [1.54, 1.807) is 18.5 Å². The van der Waals surface area contributed by atoms with Crippen molar-refractivity contribution < 1.29 is 4.39 Å². The fourth-order valence-corrected chi connectivity index (χ4v) is 1.96. The van der Waals surface area contributed by atoms with Gasteiger partial charge in [0.15, 0.2) is 0 Å². The summed E-state index contributed by atoms with van der Waals surface area (Å²) in [5.41, 5.74) is 8.15. The lowest BCUT2D eigenvalue weighted by atomic mass is 10.2. The van der Waals surface area contributed by atoms with Crippen molar-refractivity contribution in [2.24, 2.45) is 0 Å². The Kier molecular flexibility index (Phi) is 3.67. The maximum Gasteiger partial charge on any atom is 0.124 e. The lowest BCUT2D eigenvalue weighted by Gasteiger charge is -2.21. The molecule has 0 atom stereocenters. The van der Waals surface area contributed by atoms with Crippen molar-refractivity contribution in [3.05, 3.63) is 53.1 Å². The average Bonchev–Trinajstić information content (AvgIpc) is 2.33. The molecule has 0 spiro atoms. The van der Waals surface area contributed by atoms with E-state index in [1.165, 1.54) is 12.1 Å². The summed E-state index contributed by atoms with van der Waals surface area (Å²) in [5.74, 6) is -0.338. The average molecular weight is 266 g/mol. The van der Waals surface area contributed by atoms with Gasteiger partial charge < -0.3 is 10.6 Å². The van der Waals surface area contributed by atoms with Crippen LogP contribution in [-0.2, 0) is 6.54 Å². The fraction of sp³-hybridized carbons (Fsp3) is 0.154. The zero-order valence-electron chi connectivity index (χ0n) is 9.90. The molecule has 1 heterocycles. The quantitative estimate of drug-likeness (QED) is 0.927. The van der Waals surface area contributed by atoms with Crippen LogP contribution in [0, 0.1) is 5.82 Å². The maximum atomic E-state index is 12.9. The molecule has 0 aliphatic heterocycles. The summed E-state index contributed by atoms with van der Waals surface area (Å²) in [6.07, 6.45) is 3.27. The Morgan fingerprint density at radius 1 is 1.39 bits per heavy atom. The molecule has 0 aliphatic rings. The van der Waals surface area contributed by atoms with Crippen LogP contribution in [0.1, 0.15) is 5.56 Å². The molecule has 3 nitrogen and oxygen atoms in total. The normalized spacial score (nSPS) is 10.4. The van der Waals surface area contributed by atoms with Crippen LogP contribution in [0.4, 0.5) is 15.8 Å². The predicted octanol–water partition coefficient (Wildman–Crippen LogP) is 3.09. The van der Waals surface area contributed by atoms with Crippen LogP contribution in [-0.4, -0.2) is 12.0 Å². The molecule has 2 N–H and O–H groups in total. The third-order valence-corrected chi connectivity index (χ3v) is 3.01. The number of anilines is 2. The third-order valence-electron chi connectivity index (χ3n) is 2.66. The van der Waals surface area contributed by atoms with Gasteiger partial charge in [-0.3, -0.25) is 4.98 Å². The second kappa shape index (κ2) is 5.23. The van der Waals surface area contributed by atoms with E-state index in [9.17, 15) is 4.39 Å². The number of benzene rings is 1. The molecule has 0 unspecified atom stereocenters. The Labute approximate surface area is 110 Å². The van der Waals surface area contributed by atoms with E-state index in [0.29, 0.717) is 17.3 Å². The molecular formula is C13H13ClFN3. The van der Waals surface area contributed by atoms with Crippen molar-refractivity contribution in [3.63, 3.8) is 0 Å². The fourth-order valence-electron chi connectivity index (χ4n) is 1.74. The van der Waals surface area contributed by atoms with Gasteiger partial charge in [0, 0.05) is 24.8 Å². The minimum absolute atomic E-state index is 0.338. The summed E-state index contributed by atoms with van der Waals surface area (Å²) >= 11 is 5.99. The largest absolute Gasteiger partial charge is 0.396 e. The maximum absolute atomic E-state index is 12.9. The summed E-state index contributed by atoms with van der Waals surface area (Å²) in [6, 6.07) is 6.20. The van der Waals surface area contributed by atoms with Gasteiger partial charge in [0.1, 0.15) is 5.82 Å². The summed E-state index contributed by atoms with van der Waals surface area (Å²) in [4.78, 5) is 5.88. The van der Waals surface area contributed by atoms with E-state index < -0.39 is 0 Å². The van der Waals surface area contributed by atoms with E-state index in [0.717, 1.165) is 11.3 Å². The van der Waals surface area contributed by atoms with Crippen molar-refractivity contribution in [2.75, 3.05) is 17.7 Å². The first-order valence-electron chi connectivity index (χ1n) is 5.42. The first-order chi connectivity index (χ1) is 8.58. The Morgan fingerprint density at radius 3 is 2.83 bits per heavy atom. The Hall–Kier alpha value is -1.81. The summed E-state index contributed by atoms with van der Waals surface area (Å²) in [6.45, 7) is 0.549. The Balaban J connectivity index is 2.21. The van der Waals surface area contributed by atoms with Crippen molar-refractivity contribution in [1.29, 1.82) is 0 Å². The molecule has 18 heavy (non-hydrogen) atoms. The van der Waals surface area contributed by atoms with E-state index in [-0.39, 0.29) is 5.82 Å². The summed E-state index contributed by atoms with van der Waals surface area (Å²) in [7, 11) is 1.89. The highest BCUT2D eigenvalue weighted by Crippen LogP contribution is 2.24. The lowest BCUT2D eigenvalue weighted by Crippen LogP contribution is -2.18. The topological polar surface area (TPSA) is 42.2 Å². The number of aromatic nitrogens is 1. The molecule has 0 saturated heterocycles. The summed E-state index contributed by atoms with van der Waals surface area (Å²) < 4.78 is 12.9. The van der Waals surface area contributed by atoms with Gasteiger partial charge in [0.25, 0.3) is 0 Å². The zero-order chi connectivity index (χ0) is 13.1. The van der Waals surface area contributed by atoms with E-state index in [2.05, 4.69) is 4.98 Å². The van der Waals surface area contributed by atoms with Crippen LogP contribution >= 0.6 is 11.6 Å². The van der Waals surface area contributed by atoms with Gasteiger partial charge >= 0.3 is 0 Å². The number of pyridine rings is 1. The first-order valence-corrected chi connectivity index (χ1v) is 5.80. The molecule has 1 aromatic heterocycles. The minimum Gasteiger partial charge on any atom is -0.396 e. The molecule has 1 aromatic carbocycles. The minimum atomic E-state index is -0.338. The smallest absolute Gasteiger partial charge is 0.124 e. The zero-order valence-corrected chi connectivity index (χ0v) is 10.7. The van der Waals surface area contributed by atoms with E-state index in [1.807, 2.05) is 18.0 Å². The van der Waals surface area contributed by atoms with Gasteiger partial charge in [-0.1, -0.05) is 17.7 Å². The molecule has 0 fully saturated rings. The highest BCUT2D eigenvalue weighted by atomic mass is 35.5. The van der Waals surface area contributed by atoms with Crippen molar-refractivity contribution in [1.82, 2.24) is 4.98 Å². The first kappa shape index (κ1) is 12.6. The van der Waals surface area contributed by atoms with Crippen LogP contribution in [0.2, 0.25) is 5.02 Å². The molecule has 2 rings (SSSR count). The molecule has 2 aromatic rings. The molecule has 0 bridgehead atoms. The van der Waals surface area contributed by atoms with Gasteiger partial charge in [0.05, 0.1) is 17.6 Å². The number of halogens is 2. The highest BCUT2D eigenvalue weighted by Gasteiger charge is 2.08. The number of nitrogens with two attached hydrogens (primary N) is 1. The summed E-state index contributed by atoms with van der Waals surface area (Å²) in [5, 5.41) is 0.412. The lowest BCUT2D eigenvalue weighted by molar-refractivity contribution is 0.627. The van der Waals surface area contributed by atoms with Gasteiger partial charge in [-0.05, 0) is 23.8 Å². The van der Waals surface area contributed by atoms with Gasteiger partial charge in [-0.15, -0.1) is 0 Å². The number of rotatable bonds is 3. The predicted molar refractivity (Wildman–Crippen MR) is 72.2 cm³/mol. The SMILES string of the molecule is CN(Cc1ccc(F)cc1Cl)c1ccncc1N. The molecule has 0 radical (unpaired) electrons. The van der Waals surface area contributed by atoms with Crippen LogP contribution in [0.5, 0.6) is 0 Å². The monoisotopic (exact) mass is 265 g/mol. The van der Waals surface area contributed by atoms with Gasteiger partial charge in [-0.25, -0.2) is 4.39 Å². The van der Waals surface area contributed by atoms with Crippen molar-refractivity contribution >= 4 is 23.0 Å². The Morgan fingerprint density at radius 2 is 2.17 bits per heavy atom. The highest BCUT2D eigenvalue weighted by molar-refractivity contribution is 6.31. The van der Waals surface area contributed by atoms with Gasteiger partial charge in [-0.2, -0.15) is 0 Å². The van der Waals surface area contributed by atoms with E-state index in [4.69, 9.17) is 17.3 Å². The Bertz CT molecular complexity index is 560. The van der Waals surface area contributed by atoms with Crippen molar-refractivity contribution in [2.45, 2.75) is 6.54 Å². The molecule has 0 saturated carbocycles. The molecular weight excluding hydrogens is 253 g/mol. The third kappa shape index (κ3) is 2.71. The number of nitrogen functional groups attached to an aromatic ring is 1. The van der Waals surface area contributed by atoms with Crippen LogP contribution in [0.3, 0.4) is 0 Å². The van der Waals surface area contributed by atoms with Gasteiger partial charge in [0.2, 0.25) is 0 Å². The number of nitrogens with zero attached hydrogens (tertiary/aromatic N) is 2. The van der Waals surface area contributed by atoms with Crippen LogP contribution in [0.25, 0.3) is 0 Å². The molecule has 5 heteroatoms. The number of hydrogen-bond acceptors (Lipinski definition) is 3. The molecule has 0 amide bonds. The second-order valence-electron chi connectivity index (χ2n) is 4.03.